The van der Waals surface area contributed by atoms with Crippen LogP contribution in [0.15, 0.2) is 36.1 Å². The minimum absolute atomic E-state index is 0.0128. The van der Waals surface area contributed by atoms with Crippen LogP contribution >= 0.6 is 0 Å². The lowest BCUT2D eigenvalue weighted by atomic mass is 9.93. The SMILES string of the molecule is C#CCO/C=C(/C(=O)OC)C1C(=O)N(C)c2ccccc21. The maximum absolute atomic E-state index is 12.4. The summed E-state index contributed by atoms with van der Waals surface area (Å²) in [6, 6.07) is 7.28. The number of terminal acetylenes is 1. The highest BCUT2D eigenvalue weighted by Crippen LogP contribution is 2.40. The first-order valence-corrected chi connectivity index (χ1v) is 6.31. The number of methoxy groups -OCH3 is 1. The lowest BCUT2D eigenvalue weighted by Crippen LogP contribution is -2.27. The summed E-state index contributed by atoms with van der Waals surface area (Å²) in [5.74, 6) is 0.730. The number of ether oxygens (including phenoxy) is 2. The topological polar surface area (TPSA) is 55.8 Å². The lowest BCUT2D eigenvalue weighted by Gasteiger charge is -2.13. The second-order valence-electron chi connectivity index (χ2n) is 4.47. The van der Waals surface area contributed by atoms with Gasteiger partial charge in [-0.25, -0.2) is 4.79 Å². The summed E-state index contributed by atoms with van der Waals surface area (Å²) in [5.41, 5.74) is 1.64. The van der Waals surface area contributed by atoms with Gasteiger partial charge in [0.2, 0.25) is 5.91 Å². The number of esters is 1. The third kappa shape index (κ3) is 2.61. The average molecular weight is 285 g/mol. The molecule has 5 heteroatoms. The van der Waals surface area contributed by atoms with Gasteiger partial charge in [-0.15, -0.1) is 6.42 Å². The minimum atomic E-state index is -0.739. The average Bonchev–Trinajstić information content (AvgIpc) is 2.76. The third-order valence-corrected chi connectivity index (χ3v) is 3.30. The molecule has 1 atom stereocenters. The van der Waals surface area contributed by atoms with E-state index >= 15 is 0 Å². The Kier molecular flexibility index (Phi) is 4.29. The monoisotopic (exact) mass is 285 g/mol. The Morgan fingerprint density at radius 1 is 1.48 bits per heavy atom. The Balaban J connectivity index is 2.45. The molecule has 2 rings (SSSR count). The van der Waals surface area contributed by atoms with Crippen molar-refractivity contribution in [1.29, 1.82) is 0 Å². The molecular weight excluding hydrogens is 270 g/mol. The number of rotatable bonds is 4. The quantitative estimate of drug-likeness (QED) is 0.276. The van der Waals surface area contributed by atoms with Crippen molar-refractivity contribution in [2.24, 2.45) is 0 Å². The van der Waals surface area contributed by atoms with Crippen molar-refractivity contribution in [1.82, 2.24) is 0 Å². The molecule has 108 valence electrons. The van der Waals surface area contributed by atoms with Crippen molar-refractivity contribution < 1.29 is 19.1 Å². The Bertz CT molecular complexity index is 642. The van der Waals surface area contributed by atoms with Gasteiger partial charge in [-0.05, 0) is 11.6 Å². The highest BCUT2D eigenvalue weighted by Gasteiger charge is 2.40. The van der Waals surface area contributed by atoms with Crippen LogP contribution in [0.1, 0.15) is 11.5 Å². The molecule has 0 bridgehead atoms. The van der Waals surface area contributed by atoms with E-state index in [4.69, 9.17) is 15.9 Å². The van der Waals surface area contributed by atoms with E-state index in [1.807, 2.05) is 18.2 Å². The normalized spacial score (nSPS) is 17.2. The number of para-hydroxylation sites is 1. The number of hydrogen-bond acceptors (Lipinski definition) is 4. The number of nitrogens with zero attached hydrogens (tertiary/aromatic N) is 1. The number of carbonyl (C=O) groups is 2. The molecule has 1 heterocycles. The van der Waals surface area contributed by atoms with Crippen LogP contribution in [-0.2, 0) is 19.1 Å². The van der Waals surface area contributed by atoms with Crippen molar-refractivity contribution >= 4 is 17.6 Å². The second kappa shape index (κ2) is 6.14. The van der Waals surface area contributed by atoms with E-state index in [2.05, 4.69) is 5.92 Å². The molecule has 0 spiro atoms. The van der Waals surface area contributed by atoms with E-state index in [-0.39, 0.29) is 18.1 Å². The smallest absolute Gasteiger partial charge is 0.338 e. The van der Waals surface area contributed by atoms with Gasteiger partial charge >= 0.3 is 5.97 Å². The fraction of sp³-hybridized carbons (Fsp3) is 0.250. The predicted octanol–water partition coefficient (Wildman–Crippen LogP) is 1.45. The molecule has 1 aliphatic heterocycles. The fourth-order valence-electron chi connectivity index (χ4n) is 2.31. The summed E-state index contributed by atoms with van der Waals surface area (Å²) >= 11 is 0. The zero-order valence-electron chi connectivity index (χ0n) is 11.8. The third-order valence-electron chi connectivity index (χ3n) is 3.30. The zero-order chi connectivity index (χ0) is 15.4. The van der Waals surface area contributed by atoms with Gasteiger partial charge in [-0.1, -0.05) is 24.1 Å². The zero-order valence-corrected chi connectivity index (χ0v) is 11.8. The molecule has 0 saturated carbocycles. The summed E-state index contributed by atoms with van der Waals surface area (Å²) < 4.78 is 9.85. The molecule has 0 aliphatic carbocycles. The van der Waals surface area contributed by atoms with Crippen LogP contribution in [0.4, 0.5) is 5.69 Å². The van der Waals surface area contributed by atoms with Gasteiger partial charge in [0, 0.05) is 12.7 Å². The maximum atomic E-state index is 12.4. The van der Waals surface area contributed by atoms with Crippen LogP contribution in [-0.4, -0.2) is 32.6 Å². The van der Waals surface area contributed by atoms with Gasteiger partial charge in [0.15, 0.2) is 0 Å². The number of amides is 1. The molecule has 0 radical (unpaired) electrons. The molecule has 5 nitrogen and oxygen atoms in total. The van der Waals surface area contributed by atoms with Crippen LogP contribution in [0.2, 0.25) is 0 Å². The number of anilines is 1. The number of hydrogen-bond donors (Lipinski definition) is 0. The van der Waals surface area contributed by atoms with Crippen molar-refractivity contribution in [2.75, 3.05) is 25.7 Å². The Hall–Kier alpha value is -2.74. The van der Waals surface area contributed by atoms with Crippen molar-refractivity contribution in [3.05, 3.63) is 41.7 Å². The number of benzene rings is 1. The van der Waals surface area contributed by atoms with Gasteiger partial charge in [-0.3, -0.25) is 4.79 Å². The van der Waals surface area contributed by atoms with E-state index in [1.165, 1.54) is 18.3 Å². The molecule has 1 aromatic rings. The molecule has 0 fully saturated rings. The fourth-order valence-corrected chi connectivity index (χ4v) is 2.31. The standard InChI is InChI=1S/C16H15NO4/c1-4-9-21-10-12(16(19)20-3)14-11-7-5-6-8-13(11)17(2)15(14)18/h1,5-8,10,14H,9H2,2-3H3/b12-10+. The van der Waals surface area contributed by atoms with Crippen LogP contribution in [0.5, 0.6) is 0 Å². The van der Waals surface area contributed by atoms with E-state index in [9.17, 15) is 9.59 Å². The summed E-state index contributed by atoms with van der Waals surface area (Å²) in [6.07, 6.45) is 6.32. The molecular formula is C16H15NO4. The first-order valence-electron chi connectivity index (χ1n) is 6.31. The van der Waals surface area contributed by atoms with Crippen LogP contribution in [0, 0.1) is 12.3 Å². The molecule has 0 N–H and O–H groups in total. The van der Waals surface area contributed by atoms with E-state index in [0.29, 0.717) is 0 Å². The summed E-state index contributed by atoms with van der Waals surface area (Å²) in [4.78, 5) is 25.9. The van der Waals surface area contributed by atoms with Gasteiger partial charge in [0.25, 0.3) is 0 Å². The molecule has 1 unspecified atom stereocenters. The van der Waals surface area contributed by atoms with Crippen LogP contribution < -0.4 is 4.90 Å². The summed E-state index contributed by atoms with van der Waals surface area (Å²) in [5, 5.41) is 0. The molecule has 21 heavy (non-hydrogen) atoms. The van der Waals surface area contributed by atoms with Crippen LogP contribution in [0.3, 0.4) is 0 Å². The number of likely N-dealkylation sites (N-methyl/N-ethyl adjacent to an activating group) is 1. The largest absolute Gasteiger partial charge is 0.488 e. The molecule has 0 aromatic heterocycles. The number of fused-ring (bicyclic) bond motifs is 1. The minimum Gasteiger partial charge on any atom is -0.488 e. The van der Waals surface area contributed by atoms with Crippen molar-refractivity contribution in [2.45, 2.75) is 5.92 Å². The number of carbonyl (C=O) groups excluding carboxylic acids is 2. The highest BCUT2D eigenvalue weighted by atomic mass is 16.5. The first kappa shape index (κ1) is 14.7. The molecule has 1 aliphatic rings. The summed E-state index contributed by atoms with van der Waals surface area (Å²) in [7, 11) is 2.92. The lowest BCUT2D eigenvalue weighted by molar-refractivity contribution is -0.137. The van der Waals surface area contributed by atoms with Crippen molar-refractivity contribution in [3.8, 4) is 12.3 Å². The Morgan fingerprint density at radius 2 is 2.19 bits per heavy atom. The van der Waals surface area contributed by atoms with E-state index in [0.717, 1.165) is 11.3 Å². The van der Waals surface area contributed by atoms with Gasteiger partial charge in [0.05, 0.1) is 18.9 Å². The molecule has 1 amide bonds. The van der Waals surface area contributed by atoms with Gasteiger partial charge in [0.1, 0.15) is 12.5 Å². The van der Waals surface area contributed by atoms with E-state index < -0.39 is 11.9 Å². The Morgan fingerprint density at radius 3 is 2.86 bits per heavy atom. The van der Waals surface area contributed by atoms with Crippen LogP contribution in [0.25, 0.3) is 0 Å². The molecule has 0 saturated heterocycles. The predicted molar refractivity (Wildman–Crippen MR) is 77.5 cm³/mol. The van der Waals surface area contributed by atoms with Gasteiger partial charge in [-0.2, -0.15) is 0 Å². The Labute approximate surface area is 123 Å². The maximum Gasteiger partial charge on any atom is 0.338 e. The first-order chi connectivity index (χ1) is 10.1. The summed E-state index contributed by atoms with van der Waals surface area (Å²) in [6.45, 7) is 0.0128. The van der Waals surface area contributed by atoms with E-state index in [1.54, 1.807) is 13.1 Å². The highest BCUT2D eigenvalue weighted by molar-refractivity contribution is 6.11. The van der Waals surface area contributed by atoms with Crippen molar-refractivity contribution in [3.63, 3.8) is 0 Å². The molecule has 1 aromatic carbocycles. The second-order valence-corrected chi connectivity index (χ2v) is 4.47. The van der Waals surface area contributed by atoms with Gasteiger partial charge < -0.3 is 14.4 Å².